The third kappa shape index (κ3) is 2.19. The highest BCUT2D eigenvalue weighted by molar-refractivity contribution is 5.80. The van der Waals surface area contributed by atoms with Gasteiger partial charge in [0.15, 0.2) is 0 Å². The lowest BCUT2D eigenvalue weighted by atomic mass is 9.97. The molecular formula is C9H18N2O2. The van der Waals surface area contributed by atoms with Crippen molar-refractivity contribution in [1.29, 1.82) is 0 Å². The Morgan fingerprint density at radius 1 is 1.54 bits per heavy atom. The van der Waals surface area contributed by atoms with Crippen LogP contribution in [0.2, 0.25) is 0 Å². The number of rotatable bonds is 4. The topological polar surface area (TPSA) is 55.6 Å². The van der Waals surface area contributed by atoms with E-state index in [4.69, 9.17) is 10.5 Å². The van der Waals surface area contributed by atoms with Crippen LogP contribution in [0.1, 0.15) is 13.8 Å². The smallest absolute Gasteiger partial charge is 0.235 e. The van der Waals surface area contributed by atoms with Crippen molar-refractivity contribution in [2.24, 2.45) is 11.7 Å². The van der Waals surface area contributed by atoms with Crippen LogP contribution in [-0.4, -0.2) is 43.2 Å². The Kier molecular flexibility index (Phi) is 3.27. The first-order valence-electron chi connectivity index (χ1n) is 4.62. The molecule has 1 unspecified atom stereocenters. The molecule has 0 aromatic rings. The van der Waals surface area contributed by atoms with Crippen molar-refractivity contribution in [3.63, 3.8) is 0 Å². The number of methoxy groups -OCH3 is 1. The molecule has 1 saturated heterocycles. The zero-order chi connectivity index (χ0) is 10.0. The van der Waals surface area contributed by atoms with Crippen LogP contribution in [0.4, 0.5) is 0 Å². The molecule has 0 aromatic heterocycles. The number of carbonyl (C=O) groups excluding carboxylic acids is 1. The molecule has 1 aliphatic rings. The summed E-state index contributed by atoms with van der Waals surface area (Å²) in [5, 5.41) is 0. The molecule has 1 atom stereocenters. The van der Waals surface area contributed by atoms with Gasteiger partial charge in [0.2, 0.25) is 5.91 Å². The van der Waals surface area contributed by atoms with E-state index in [0.29, 0.717) is 0 Å². The summed E-state index contributed by atoms with van der Waals surface area (Å²) in [7, 11) is 1.69. The van der Waals surface area contributed by atoms with Gasteiger partial charge in [0.1, 0.15) is 0 Å². The highest BCUT2D eigenvalue weighted by Crippen LogP contribution is 2.19. The van der Waals surface area contributed by atoms with Crippen molar-refractivity contribution in [3.8, 4) is 0 Å². The van der Waals surface area contributed by atoms with E-state index in [2.05, 4.69) is 4.90 Å². The van der Waals surface area contributed by atoms with Crippen molar-refractivity contribution >= 4 is 5.91 Å². The fourth-order valence-corrected chi connectivity index (χ4v) is 1.78. The van der Waals surface area contributed by atoms with E-state index in [-0.39, 0.29) is 24.0 Å². The maximum absolute atomic E-state index is 11.1. The van der Waals surface area contributed by atoms with E-state index in [0.717, 1.165) is 13.1 Å². The van der Waals surface area contributed by atoms with Crippen LogP contribution in [0.25, 0.3) is 0 Å². The van der Waals surface area contributed by atoms with E-state index in [1.807, 2.05) is 13.8 Å². The van der Waals surface area contributed by atoms with Gasteiger partial charge in [-0.1, -0.05) is 13.8 Å². The van der Waals surface area contributed by atoms with Crippen LogP contribution in [0.3, 0.4) is 0 Å². The first kappa shape index (κ1) is 10.5. The summed E-state index contributed by atoms with van der Waals surface area (Å²) in [6.07, 6.45) is 0.278. The summed E-state index contributed by atoms with van der Waals surface area (Å²) >= 11 is 0. The highest BCUT2D eigenvalue weighted by atomic mass is 16.5. The SMILES string of the molecule is COC1CN(C(C(N)=O)C(C)C)C1. The van der Waals surface area contributed by atoms with E-state index in [9.17, 15) is 4.79 Å². The van der Waals surface area contributed by atoms with Gasteiger partial charge < -0.3 is 10.5 Å². The number of ether oxygens (including phenoxy) is 1. The standard InChI is InChI=1S/C9H18N2O2/c1-6(2)8(9(10)12)11-4-7(5-11)13-3/h6-8H,4-5H2,1-3H3,(H2,10,12). The molecule has 1 fully saturated rings. The van der Waals surface area contributed by atoms with E-state index < -0.39 is 0 Å². The minimum Gasteiger partial charge on any atom is -0.379 e. The predicted molar refractivity (Wildman–Crippen MR) is 50.2 cm³/mol. The zero-order valence-corrected chi connectivity index (χ0v) is 8.49. The molecule has 1 amide bonds. The lowest BCUT2D eigenvalue weighted by Crippen LogP contribution is -2.61. The number of likely N-dealkylation sites (tertiary alicyclic amines) is 1. The third-order valence-electron chi connectivity index (χ3n) is 2.53. The molecule has 2 N–H and O–H groups in total. The van der Waals surface area contributed by atoms with Crippen molar-refractivity contribution in [3.05, 3.63) is 0 Å². The maximum atomic E-state index is 11.1. The predicted octanol–water partition coefficient (Wildman–Crippen LogP) is -0.173. The first-order chi connectivity index (χ1) is 6.06. The molecule has 13 heavy (non-hydrogen) atoms. The molecule has 1 heterocycles. The summed E-state index contributed by atoms with van der Waals surface area (Å²) in [5.74, 6) is 0.0415. The largest absolute Gasteiger partial charge is 0.379 e. The second-order valence-corrected chi connectivity index (χ2v) is 3.90. The quantitative estimate of drug-likeness (QED) is 0.663. The molecular weight excluding hydrogens is 168 g/mol. The average Bonchev–Trinajstić information content (AvgIpc) is 1.93. The van der Waals surface area contributed by atoms with Gasteiger partial charge in [-0.2, -0.15) is 0 Å². The lowest BCUT2D eigenvalue weighted by Gasteiger charge is -2.43. The maximum Gasteiger partial charge on any atom is 0.235 e. The summed E-state index contributed by atoms with van der Waals surface area (Å²) in [5.41, 5.74) is 5.31. The molecule has 0 bridgehead atoms. The van der Waals surface area contributed by atoms with Crippen LogP contribution in [0.5, 0.6) is 0 Å². The van der Waals surface area contributed by atoms with Crippen molar-refractivity contribution in [1.82, 2.24) is 4.90 Å². The van der Waals surface area contributed by atoms with Crippen LogP contribution in [-0.2, 0) is 9.53 Å². The number of amides is 1. The molecule has 0 spiro atoms. The second kappa shape index (κ2) is 4.07. The van der Waals surface area contributed by atoms with Crippen LogP contribution < -0.4 is 5.73 Å². The van der Waals surface area contributed by atoms with E-state index in [1.54, 1.807) is 7.11 Å². The number of nitrogens with two attached hydrogens (primary N) is 1. The van der Waals surface area contributed by atoms with Crippen LogP contribution in [0, 0.1) is 5.92 Å². The minimum atomic E-state index is -0.232. The normalized spacial score (nSPS) is 21.5. The number of hydrogen-bond donors (Lipinski definition) is 1. The molecule has 0 saturated carbocycles. The van der Waals surface area contributed by atoms with Gasteiger partial charge in [-0.05, 0) is 5.92 Å². The molecule has 0 aliphatic carbocycles. The molecule has 1 rings (SSSR count). The molecule has 0 aromatic carbocycles. The van der Waals surface area contributed by atoms with E-state index >= 15 is 0 Å². The van der Waals surface area contributed by atoms with Gasteiger partial charge in [-0.25, -0.2) is 0 Å². The second-order valence-electron chi connectivity index (χ2n) is 3.90. The van der Waals surface area contributed by atoms with Crippen molar-refractivity contribution < 1.29 is 9.53 Å². The first-order valence-corrected chi connectivity index (χ1v) is 4.62. The Morgan fingerprint density at radius 3 is 2.38 bits per heavy atom. The van der Waals surface area contributed by atoms with Gasteiger partial charge in [-0.3, -0.25) is 9.69 Å². The number of primary amides is 1. The lowest BCUT2D eigenvalue weighted by molar-refractivity contribution is -0.131. The monoisotopic (exact) mass is 186 g/mol. The Labute approximate surface area is 79.0 Å². The fourth-order valence-electron chi connectivity index (χ4n) is 1.78. The molecule has 4 heteroatoms. The Bertz CT molecular complexity index is 188. The highest BCUT2D eigenvalue weighted by Gasteiger charge is 2.36. The molecule has 0 radical (unpaired) electrons. The van der Waals surface area contributed by atoms with Crippen LogP contribution >= 0.6 is 0 Å². The molecule has 76 valence electrons. The van der Waals surface area contributed by atoms with Crippen molar-refractivity contribution in [2.45, 2.75) is 26.0 Å². The summed E-state index contributed by atoms with van der Waals surface area (Å²) in [6, 6.07) is -0.133. The average molecular weight is 186 g/mol. The third-order valence-corrected chi connectivity index (χ3v) is 2.53. The summed E-state index contributed by atoms with van der Waals surface area (Å²) in [4.78, 5) is 13.2. The summed E-state index contributed by atoms with van der Waals surface area (Å²) < 4.78 is 5.13. The van der Waals surface area contributed by atoms with Crippen molar-refractivity contribution in [2.75, 3.05) is 20.2 Å². The Hall–Kier alpha value is -0.610. The molecule has 4 nitrogen and oxygen atoms in total. The minimum absolute atomic E-state index is 0.133. The van der Waals surface area contributed by atoms with Gasteiger partial charge in [-0.15, -0.1) is 0 Å². The zero-order valence-electron chi connectivity index (χ0n) is 8.49. The Balaban J connectivity index is 2.45. The summed E-state index contributed by atoms with van der Waals surface area (Å²) in [6.45, 7) is 5.66. The van der Waals surface area contributed by atoms with Gasteiger partial charge in [0, 0.05) is 20.2 Å². The number of hydrogen-bond acceptors (Lipinski definition) is 3. The Morgan fingerprint density at radius 2 is 2.08 bits per heavy atom. The van der Waals surface area contributed by atoms with Gasteiger partial charge in [0.05, 0.1) is 12.1 Å². The molecule has 1 aliphatic heterocycles. The van der Waals surface area contributed by atoms with Gasteiger partial charge >= 0.3 is 0 Å². The fraction of sp³-hybridized carbons (Fsp3) is 0.889. The van der Waals surface area contributed by atoms with E-state index in [1.165, 1.54) is 0 Å². The van der Waals surface area contributed by atoms with Gasteiger partial charge in [0.25, 0.3) is 0 Å². The number of carbonyl (C=O) groups is 1. The number of nitrogens with zero attached hydrogens (tertiary/aromatic N) is 1. The van der Waals surface area contributed by atoms with Crippen LogP contribution in [0.15, 0.2) is 0 Å².